The molecule has 0 radical (unpaired) electrons. The number of rotatable bonds is 4. The first-order valence-corrected chi connectivity index (χ1v) is 7.32. The average Bonchev–Trinajstić information content (AvgIpc) is 3.22. The summed E-state index contributed by atoms with van der Waals surface area (Å²) in [6, 6.07) is -0.271. The van der Waals surface area contributed by atoms with Crippen LogP contribution in [-0.2, 0) is 9.53 Å². The summed E-state index contributed by atoms with van der Waals surface area (Å²) in [5.41, 5.74) is -1.16. The second-order valence-electron chi connectivity index (χ2n) is 6.07. The smallest absolute Gasteiger partial charge is 0.329 e. The quantitative estimate of drug-likeness (QED) is 0.819. The molecule has 1 saturated heterocycles. The molecule has 1 aliphatic carbocycles. The summed E-state index contributed by atoms with van der Waals surface area (Å²) in [4.78, 5) is 25.7. The van der Waals surface area contributed by atoms with E-state index in [2.05, 4.69) is 5.32 Å². The number of nitrogens with zero attached hydrogens (tertiary/aromatic N) is 1. The standard InChI is InChI=1S/C14H24N2O4/c1-4-11-8-20-9(2)7-16(11)13(19)15-14(3,12(17)18)10-5-6-10/h9-11H,4-8H2,1-3H3,(H,15,19)(H,17,18). The largest absolute Gasteiger partial charge is 0.480 e. The number of urea groups is 1. The van der Waals surface area contributed by atoms with Crippen molar-refractivity contribution in [2.24, 2.45) is 5.92 Å². The minimum absolute atomic E-state index is 0.0134. The van der Waals surface area contributed by atoms with Crippen LogP contribution in [0.2, 0.25) is 0 Å². The number of ether oxygens (including phenoxy) is 1. The van der Waals surface area contributed by atoms with Gasteiger partial charge in [-0.2, -0.15) is 0 Å². The van der Waals surface area contributed by atoms with Gasteiger partial charge < -0.3 is 20.1 Å². The van der Waals surface area contributed by atoms with Gasteiger partial charge in [-0.05, 0) is 39.0 Å². The first-order valence-electron chi connectivity index (χ1n) is 7.32. The number of carbonyl (C=O) groups is 2. The van der Waals surface area contributed by atoms with Crippen molar-refractivity contribution < 1.29 is 19.4 Å². The Kier molecular flexibility index (Phi) is 4.22. The highest BCUT2D eigenvalue weighted by Crippen LogP contribution is 2.40. The van der Waals surface area contributed by atoms with E-state index in [0.717, 1.165) is 19.3 Å². The van der Waals surface area contributed by atoms with E-state index in [1.807, 2.05) is 13.8 Å². The Morgan fingerprint density at radius 1 is 1.45 bits per heavy atom. The Balaban J connectivity index is 2.07. The Bertz CT molecular complexity index is 397. The van der Waals surface area contributed by atoms with Gasteiger partial charge in [0.25, 0.3) is 0 Å². The van der Waals surface area contributed by atoms with Gasteiger partial charge in [0, 0.05) is 6.54 Å². The number of carboxylic acids is 1. The average molecular weight is 284 g/mol. The molecule has 3 atom stereocenters. The van der Waals surface area contributed by atoms with E-state index in [1.165, 1.54) is 0 Å². The highest BCUT2D eigenvalue weighted by molar-refractivity contribution is 5.86. The maximum Gasteiger partial charge on any atom is 0.329 e. The van der Waals surface area contributed by atoms with Crippen LogP contribution in [0.5, 0.6) is 0 Å². The third-order valence-electron chi connectivity index (χ3n) is 4.40. The molecule has 114 valence electrons. The summed E-state index contributed by atoms with van der Waals surface area (Å²) in [6.07, 6.45) is 2.51. The van der Waals surface area contributed by atoms with Crippen LogP contribution in [0.3, 0.4) is 0 Å². The van der Waals surface area contributed by atoms with Crippen molar-refractivity contribution in [3.63, 3.8) is 0 Å². The molecule has 2 fully saturated rings. The van der Waals surface area contributed by atoms with Crippen LogP contribution in [0.4, 0.5) is 4.79 Å². The fourth-order valence-corrected chi connectivity index (χ4v) is 2.72. The van der Waals surface area contributed by atoms with Gasteiger partial charge in [-0.25, -0.2) is 9.59 Å². The van der Waals surface area contributed by atoms with Gasteiger partial charge in [-0.1, -0.05) is 6.92 Å². The summed E-state index contributed by atoms with van der Waals surface area (Å²) in [5, 5.41) is 12.1. The van der Waals surface area contributed by atoms with E-state index >= 15 is 0 Å². The molecule has 1 aliphatic heterocycles. The Morgan fingerprint density at radius 3 is 2.60 bits per heavy atom. The molecular weight excluding hydrogens is 260 g/mol. The van der Waals surface area contributed by atoms with Crippen LogP contribution >= 0.6 is 0 Å². The molecule has 2 rings (SSSR count). The van der Waals surface area contributed by atoms with Crippen molar-refractivity contribution in [2.75, 3.05) is 13.2 Å². The molecule has 1 saturated carbocycles. The lowest BCUT2D eigenvalue weighted by Crippen LogP contribution is -2.61. The number of morpholine rings is 1. The zero-order valence-corrected chi connectivity index (χ0v) is 12.4. The molecule has 6 nitrogen and oxygen atoms in total. The number of nitrogens with one attached hydrogen (secondary N) is 1. The van der Waals surface area contributed by atoms with Crippen LogP contribution in [0.1, 0.15) is 40.0 Å². The number of carboxylic acid groups (broad SMARTS) is 1. The Morgan fingerprint density at radius 2 is 2.10 bits per heavy atom. The number of hydrogen-bond acceptors (Lipinski definition) is 3. The van der Waals surface area contributed by atoms with Gasteiger partial charge in [-0.15, -0.1) is 0 Å². The third kappa shape index (κ3) is 2.90. The van der Waals surface area contributed by atoms with Gasteiger partial charge in [0.2, 0.25) is 0 Å². The van der Waals surface area contributed by atoms with Crippen molar-refractivity contribution in [2.45, 2.75) is 57.7 Å². The second kappa shape index (κ2) is 5.60. The summed E-state index contributed by atoms with van der Waals surface area (Å²) in [6.45, 7) is 6.55. The van der Waals surface area contributed by atoms with E-state index in [-0.39, 0.29) is 24.1 Å². The minimum atomic E-state index is -1.16. The van der Waals surface area contributed by atoms with Crippen molar-refractivity contribution in [1.29, 1.82) is 0 Å². The highest BCUT2D eigenvalue weighted by Gasteiger charge is 2.49. The van der Waals surface area contributed by atoms with Crippen molar-refractivity contribution in [3.05, 3.63) is 0 Å². The topological polar surface area (TPSA) is 78.9 Å². The molecule has 6 heteroatoms. The van der Waals surface area contributed by atoms with E-state index in [0.29, 0.717) is 13.2 Å². The van der Waals surface area contributed by atoms with Gasteiger partial charge in [0.15, 0.2) is 0 Å². The van der Waals surface area contributed by atoms with Crippen LogP contribution in [0.25, 0.3) is 0 Å². The first-order chi connectivity index (χ1) is 9.38. The molecule has 20 heavy (non-hydrogen) atoms. The summed E-state index contributed by atoms with van der Waals surface area (Å²) in [7, 11) is 0. The normalized spacial score (nSPS) is 29.6. The van der Waals surface area contributed by atoms with Gasteiger partial charge in [0.05, 0.1) is 18.8 Å². The van der Waals surface area contributed by atoms with E-state index < -0.39 is 11.5 Å². The molecular formula is C14H24N2O4. The van der Waals surface area contributed by atoms with Crippen molar-refractivity contribution in [1.82, 2.24) is 10.2 Å². The zero-order valence-electron chi connectivity index (χ0n) is 12.4. The number of carbonyl (C=O) groups excluding carboxylic acids is 1. The molecule has 0 aromatic carbocycles. The summed E-state index contributed by atoms with van der Waals surface area (Å²) >= 11 is 0. The lowest BCUT2D eigenvalue weighted by Gasteiger charge is -2.40. The van der Waals surface area contributed by atoms with Gasteiger partial charge in [-0.3, -0.25) is 0 Å². The number of amides is 2. The molecule has 3 unspecified atom stereocenters. The summed E-state index contributed by atoms with van der Waals surface area (Å²) < 4.78 is 5.56. The lowest BCUT2D eigenvalue weighted by atomic mass is 9.96. The van der Waals surface area contributed by atoms with Crippen LogP contribution in [-0.4, -0.2) is 52.8 Å². The molecule has 0 bridgehead atoms. The maximum absolute atomic E-state index is 12.5. The van der Waals surface area contributed by atoms with Crippen LogP contribution < -0.4 is 5.32 Å². The molecule has 0 spiro atoms. The van der Waals surface area contributed by atoms with Crippen molar-refractivity contribution in [3.8, 4) is 0 Å². The van der Waals surface area contributed by atoms with E-state index in [1.54, 1.807) is 11.8 Å². The third-order valence-corrected chi connectivity index (χ3v) is 4.40. The molecule has 0 aromatic rings. The fourth-order valence-electron chi connectivity index (χ4n) is 2.72. The Labute approximate surface area is 119 Å². The minimum Gasteiger partial charge on any atom is -0.480 e. The van der Waals surface area contributed by atoms with E-state index in [9.17, 15) is 14.7 Å². The van der Waals surface area contributed by atoms with Crippen LogP contribution in [0, 0.1) is 5.92 Å². The number of hydrogen-bond donors (Lipinski definition) is 2. The SMILES string of the molecule is CCC1COC(C)CN1C(=O)NC(C)(C(=O)O)C1CC1. The summed E-state index contributed by atoms with van der Waals surface area (Å²) in [5.74, 6) is -0.912. The predicted octanol–water partition coefficient (Wildman–Crippen LogP) is 1.45. The van der Waals surface area contributed by atoms with Crippen molar-refractivity contribution >= 4 is 12.0 Å². The zero-order chi connectivity index (χ0) is 14.9. The molecule has 2 amide bonds. The predicted molar refractivity (Wildman–Crippen MR) is 73.5 cm³/mol. The van der Waals surface area contributed by atoms with Crippen LogP contribution in [0.15, 0.2) is 0 Å². The molecule has 2 aliphatic rings. The highest BCUT2D eigenvalue weighted by atomic mass is 16.5. The monoisotopic (exact) mass is 284 g/mol. The second-order valence-corrected chi connectivity index (χ2v) is 6.07. The maximum atomic E-state index is 12.5. The number of aliphatic carboxylic acids is 1. The van der Waals surface area contributed by atoms with Gasteiger partial charge >= 0.3 is 12.0 Å². The molecule has 0 aromatic heterocycles. The lowest BCUT2D eigenvalue weighted by molar-refractivity contribution is -0.144. The Hall–Kier alpha value is -1.30. The molecule has 2 N–H and O–H groups in total. The first kappa shape index (κ1) is 15.1. The molecule has 1 heterocycles. The fraction of sp³-hybridized carbons (Fsp3) is 0.857. The van der Waals surface area contributed by atoms with E-state index in [4.69, 9.17) is 4.74 Å². The van der Waals surface area contributed by atoms with Gasteiger partial charge in [0.1, 0.15) is 5.54 Å².